The predicted octanol–water partition coefficient (Wildman–Crippen LogP) is 9.06. The molecule has 3 rings (SSSR count). The molecule has 1 unspecified atom stereocenters. The SMILES string of the molecule is C=CCc1ccc(-c2ccc(-c3ccc(/C=C/CCCC(C)OCCCCC)cc3)nc2)c(F)c1. The molecule has 0 aliphatic carbocycles. The van der Waals surface area contributed by atoms with E-state index >= 15 is 0 Å². The van der Waals surface area contributed by atoms with Crippen LogP contribution >= 0.6 is 0 Å². The fraction of sp³-hybridized carbons (Fsp3) is 0.344. The number of allylic oxidation sites excluding steroid dienone is 2. The summed E-state index contributed by atoms with van der Waals surface area (Å²) in [7, 11) is 0. The van der Waals surface area contributed by atoms with Gasteiger partial charge in [0.15, 0.2) is 0 Å². The van der Waals surface area contributed by atoms with Gasteiger partial charge in [0.2, 0.25) is 0 Å². The van der Waals surface area contributed by atoms with E-state index in [0.29, 0.717) is 18.1 Å². The van der Waals surface area contributed by atoms with Gasteiger partial charge in [-0.3, -0.25) is 4.98 Å². The van der Waals surface area contributed by atoms with Gasteiger partial charge in [0, 0.05) is 29.5 Å². The molecule has 2 aromatic carbocycles. The minimum Gasteiger partial charge on any atom is -0.379 e. The van der Waals surface area contributed by atoms with Gasteiger partial charge in [-0.1, -0.05) is 80.5 Å². The van der Waals surface area contributed by atoms with Gasteiger partial charge >= 0.3 is 0 Å². The average Bonchev–Trinajstić information content (AvgIpc) is 2.87. The zero-order valence-electron chi connectivity index (χ0n) is 21.2. The molecule has 3 heteroatoms. The number of benzene rings is 2. The van der Waals surface area contributed by atoms with Crippen LogP contribution in [-0.2, 0) is 11.2 Å². The molecule has 0 spiro atoms. The van der Waals surface area contributed by atoms with E-state index < -0.39 is 0 Å². The van der Waals surface area contributed by atoms with Crippen LogP contribution < -0.4 is 0 Å². The molecular weight excluding hydrogens is 433 g/mol. The van der Waals surface area contributed by atoms with Crippen molar-refractivity contribution in [1.82, 2.24) is 4.98 Å². The molecule has 1 aromatic heterocycles. The second-order valence-electron chi connectivity index (χ2n) is 9.08. The van der Waals surface area contributed by atoms with E-state index in [0.717, 1.165) is 48.3 Å². The van der Waals surface area contributed by atoms with Gasteiger partial charge in [-0.05, 0) is 62.3 Å². The Morgan fingerprint density at radius 2 is 1.80 bits per heavy atom. The lowest BCUT2D eigenvalue weighted by Gasteiger charge is -2.12. The molecule has 1 heterocycles. The third-order valence-electron chi connectivity index (χ3n) is 6.14. The number of hydrogen-bond acceptors (Lipinski definition) is 2. The summed E-state index contributed by atoms with van der Waals surface area (Å²) in [5.74, 6) is -0.232. The average molecular weight is 472 g/mol. The minimum atomic E-state index is -0.232. The van der Waals surface area contributed by atoms with E-state index in [4.69, 9.17) is 4.74 Å². The molecule has 0 aliphatic heterocycles. The first-order chi connectivity index (χ1) is 17.1. The maximum Gasteiger partial charge on any atom is 0.131 e. The molecule has 184 valence electrons. The zero-order valence-corrected chi connectivity index (χ0v) is 21.2. The molecule has 1 atom stereocenters. The van der Waals surface area contributed by atoms with Gasteiger partial charge in [0.05, 0.1) is 11.8 Å². The summed E-state index contributed by atoms with van der Waals surface area (Å²) in [6.45, 7) is 8.98. The van der Waals surface area contributed by atoms with Crippen molar-refractivity contribution < 1.29 is 9.13 Å². The highest BCUT2D eigenvalue weighted by Crippen LogP contribution is 2.26. The van der Waals surface area contributed by atoms with Gasteiger partial charge in [0.1, 0.15) is 5.82 Å². The summed E-state index contributed by atoms with van der Waals surface area (Å²) in [6.07, 6.45) is 15.9. The molecule has 0 amide bonds. The maximum atomic E-state index is 14.5. The Labute approximate surface area is 210 Å². The topological polar surface area (TPSA) is 22.1 Å². The number of nitrogens with zero attached hydrogens (tertiary/aromatic N) is 1. The highest BCUT2D eigenvalue weighted by atomic mass is 19.1. The van der Waals surface area contributed by atoms with Gasteiger partial charge in [-0.2, -0.15) is 0 Å². The summed E-state index contributed by atoms with van der Waals surface area (Å²) in [5.41, 5.74) is 5.36. The summed E-state index contributed by atoms with van der Waals surface area (Å²) in [5, 5.41) is 0. The van der Waals surface area contributed by atoms with Crippen LogP contribution in [0.3, 0.4) is 0 Å². The molecule has 0 radical (unpaired) electrons. The Balaban J connectivity index is 1.49. The van der Waals surface area contributed by atoms with E-state index in [9.17, 15) is 4.39 Å². The molecule has 0 fully saturated rings. The van der Waals surface area contributed by atoms with Crippen LogP contribution in [0.4, 0.5) is 4.39 Å². The standard InChI is InChI=1S/C32H38FNO/c1-4-6-10-22-35-25(3)12-8-7-9-13-26-14-17-28(18-15-26)32-21-19-29(24-34-32)30-20-16-27(11-5-2)23-31(30)33/h5,9,13-21,23-25H,2,4,6-8,10-12,22H2,1,3H3/b13-9+. The highest BCUT2D eigenvalue weighted by Gasteiger charge is 2.08. The van der Waals surface area contributed by atoms with E-state index in [-0.39, 0.29) is 5.82 Å². The second-order valence-corrected chi connectivity index (χ2v) is 9.08. The largest absolute Gasteiger partial charge is 0.379 e. The van der Waals surface area contributed by atoms with Gasteiger partial charge in [-0.25, -0.2) is 4.39 Å². The number of halogens is 1. The molecule has 0 saturated heterocycles. The van der Waals surface area contributed by atoms with Gasteiger partial charge in [0.25, 0.3) is 0 Å². The molecule has 0 bridgehead atoms. The maximum absolute atomic E-state index is 14.5. The van der Waals surface area contributed by atoms with Crippen molar-refractivity contribution in [1.29, 1.82) is 0 Å². The molecular formula is C32H38FNO. The lowest BCUT2D eigenvalue weighted by Crippen LogP contribution is -2.08. The van der Waals surface area contributed by atoms with Gasteiger partial charge in [-0.15, -0.1) is 6.58 Å². The van der Waals surface area contributed by atoms with Crippen LogP contribution in [0, 0.1) is 5.82 Å². The van der Waals surface area contributed by atoms with Crippen LogP contribution in [0.2, 0.25) is 0 Å². The lowest BCUT2D eigenvalue weighted by molar-refractivity contribution is 0.0566. The van der Waals surface area contributed by atoms with Crippen molar-refractivity contribution in [3.63, 3.8) is 0 Å². The monoisotopic (exact) mass is 471 g/mol. The van der Waals surface area contributed by atoms with Crippen molar-refractivity contribution in [2.45, 2.75) is 64.9 Å². The Bertz CT molecular complexity index is 1070. The minimum absolute atomic E-state index is 0.232. The third kappa shape index (κ3) is 8.60. The first kappa shape index (κ1) is 26.6. The number of hydrogen-bond donors (Lipinski definition) is 0. The molecule has 3 aromatic rings. The molecule has 0 N–H and O–H groups in total. The fourth-order valence-corrected chi connectivity index (χ4v) is 4.04. The van der Waals surface area contributed by atoms with Crippen LogP contribution in [-0.4, -0.2) is 17.7 Å². The Morgan fingerprint density at radius 1 is 1.00 bits per heavy atom. The molecule has 2 nitrogen and oxygen atoms in total. The van der Waals surface area contributed by atoms with Crippen molar-refractivity contribution in [3.05, 3.63) is 96.5 Å². The first-order valence-electron chi connectivity index (χ1n) is 12.8. The zero-order chi connectivity index (χ0) is 24.9. The number of aromatic nitrogens is 1. The second kappa shape index (κ2) is 14.4. The fourth-order valence-electron chi connectivity index (χ4n) is 4.04. The highest BCUT2D eigenvalue weighted by molar-refractivity contribution is 5.68. The lowest BCUT2D eigenvalue weighted by atomic mass is 10.0. The number of rotatable bonds is 14. The van der Waals surface area contributed by atoms with Crippen LogP contribution in [0.15, 0.2) is 79.5 Å². The Morgan fingerprint density at radius 3 is 2.49 bits per heavy atom. The number of unbranched alkanes of at least 4 members (excludes halogenated alkanes) is 3. The quantitative estimate of drug-likeness (QED) is 0.173. The van der Waals surface area contributed by atoms with Crippen LogP contribution in [0.25, 0.3) is 28.5 Å². The van der Waals surface area contributed by atoms with E-state index in [1.165, 1.54) is 24.8 Å². The van der Waals surface area contributed by atoms with Crippen molar-refractivity contribution in [2.75, 3.05) is 6.61 Å². The van der Waals surface area contributed by atoms with Gasteiger partial charge < -0.3 is 4.74 Å². The third-order valence-corrected chi connectivity index (χ3v) is 6.14. The van der Waals surface area contributed by atoms with Crippen LogP contribution in [0.1, 0.15) is 63.5 Å². The van der Waals surface area contributed by atoms with E-state index in [1.54, 1.807) is 18.3 Å². The first-order valence-corrected chi connectivity index (χ1v) is 12.8. The molecule has 0 saturated carbocycles. The summed E-state index contributed by atoms with van der Waals surface area (Å²) >= 11 is 0. The van der Waals surface area contributed by atoms with Crippen molar-refractivity contribution >= 4 is 6.08 Å². The number of pyridine rings is 1. The molecule has 35 heavy (non-hydrogen) atoms. The molecule has 0 aliphatic rings. The number of ether oxygens (including phenoxy) is 1. The van der Waals surface area contributed by atoms with Crippen LogP contribution in [0.5, 0.6) is 0 Å². The van der Waals surface area contributed by atoms with E-state index in [2.05, 4.69) is 61.8 Å². The normalized spacial score (nSPS) is 12.2. The summed E-state index contributed by atoms with van der Waals surface area (Å²) in [4.78, 5) is 4.58. The summed E-state index contributed by atoms with van der Waals surface area (Å²) in [6, 6.07) is 17.6. The van der Waals surface area contributed by atoms with E-state index in [1.807, 2.05) is 24.3 Å². The summed E-state index contributed by atoms with van der Waals surface area (Å²) < 4.78 is 20.4. The Kier molecular flexibility index (Phi) is 10.9. The van der Waals surface area contributed by atoms with Crippen molar-refractivity contribution in [2.24, 2.45) is 0 Å². The Hall–Kier alpha value is -3.04. The smallest absolute Gasteiger partial charge is 0.131 e. The predicted molar refractivity (Wildman–Crippen MR) is 147 cm³/mol. The van der Waals surface area contributed by atoms with Crippen molar-refractivity contribution in [3.8, 4) is 22.4 Å².